The van der Waals surface area contributed by atoms with Crippen molar-refractivity contribution in [2.45, 2.75) is 12.3 Å². The normalized spacial score (nSPS) is 15.4. The maximum absolute atomic E-state index is 2.58. The zero-order chi connectivity index (χ0) is 38.1. The highest BCUT2D eigenvalue weighted by Gasteiger charge is 2.49. The number of benzene rings is 10. The predicted octanol–water partition coefficient (Wildman–Crippen LogP) is 15.0. The van der Waals surface area contributed by atoms with Gasteiger partial charge in [-0.3, -0.25) is 0 Å². The third-order valence-corrected chi connectivity index (χ3v) is 13.3. The van der Waals surface area contributed by atoms with Crippen LogP contribution in [0.1, 0.15) is 23.6 Å². The Morgan fingerprint density at radius 2 is 0.983 bits per heavy atom. The van der Waals surface area contributed by atoms with E-state index in [0.717, 1.165) is 0 Å². The van der Waals surface area contributed by atoms with Crippen molar-refractivity contribution in [1.82, 2.24) is 4.57 Å². The molecule has 0 fully saturated rings. The van der Waals surface area contributed by atoms with Gasteiger partial charge in [0.05, 0.1) is 28.1 Å². The minimum Gasteiger partial charge on any atom is -0.309 e. The molecule has 0 bridgehead atoms. The van der Waals surface area contributed by atoms with Crippen molar-refractivity contribution in [3.8, 4) is 27.9 Å². The van der Waals surface area contributed by atoms with Crippen LogP contribution in [0.25, 0.3) is 82.1 Å². The van der Waals surface area contributed by atoms with Crippen LogP contribution < -0.4 is 4.90 Å². The van der Waals surface area contributed by atoms with Gasteiger partial charge in [0.25, 0.3) is 0 Å². The van der Waals surface area contributed by atoms with Crippen LogP contribution in [0.3, 0.4) is 0 Å². The van der Waals surface area contributed by atoms with E-state index in [9.17, 15) is 0 Å². The summed E-state index contributed by atoms with van der Waals surface area (Å²) in [6.07, 6.45) is 0. The van der Waals surface area contributed by atoms with Crippen molar-refractivity contribution in [1.29, 1.82) is 0 Å². The van der Waals surface area contributed by atoms with E-state index in [2.05, 4.69) is 217 Å². The average Bonchev–Trinajstić information content (AvgIpc) is 3.75. The molecule has 13 rings (SSSR count). The topological polar surface area (TPSA) is 8.17 Å². The highest BCUT2D eigenvalue weighted by atomic mass is 15.2. The lowest BCUT2D eigenvalue weighted by Crippen LogP contribution is -2.32. The first kappa shape index (κ1) is 31.7. The van der Waals surface area contributed by atoms with Gasteiger partial charge in [0.15, 0.2) is 0 Å². The molecule has 2 heterocycles. The highest BCUT2D eigenvalue weighted by Crippen LogP contribution is 2.63. The lowest BCUT2D eigenvalue weighted by atomic mass is 9.70. The number of anilines is 3. The first-order valence-electron chi connectivity index (χ1n) is 20.3. The van der Waals surface area contributed by atoms with Crippen molar-refractivity contribution < 1.29 is 0 Å². The molecule has 58 heavy (non-hydrogen) atoms. The summed E-state index contributed by atoms with van der Waals surface area (Å²) >= 11 is 0. The summed E-state index contributed by atoms with van der Waals surface area (Å²) in [4.78, 5) is 2.58. The Bertz CT molecular complexity index is 3500. The third kappa shape index (κ3) is 4.16. The van der Waals surface area contributed by atoms with Crippen LogP contribution in [0.5, 0.6) is 0 Å². The predicted molar refractivity (Wildman–Crippen MR) is 244 cm³/mol. The fourth-order valence-corrected chi connectivity index (χ4v) is 10.7. The number of fused-ring (bicyclic) bond motifs is 11. The molecule has 0 N–H and O–H groups in total. The smallest absolute Gasteiger partial charge is 0.0546 e. The molecule has 2 nitrogen and oxygen atoms in total. The van der Waals surface area contributed by atoms with Gasteiger partial charge in [0.2, 0.25) is 0 Å². The first-order valence-corrected chi connectivity index (χ1v) is 20.3. The number of rotatable bonds is 3. The summed E-state index contributed by atoms with van der Waals surface area (Å²) in [7, 11) is 0. The molecular weight excluding hydrogens is 701 g/mol. The number of hydrogen-bond donors (Lipinski definition) is 0. The fourth-order valence-electron chi connectivity index (χ4n) is 10.7. The largest absolute Gasteiger partial charge is 0.309 e. The molecule has 11 aromatic rings. The Morgan fingerprint density at radius 1 is 0.379 bits per heavy atom. The van der Waals surface area contributed by atoms with E-state index in [1.165, 1.54) is 116 Å². The van der Waals surface area contributed by atoms with E-state index in [4.69, 9.17) is 0 Å². The summed E-state index contributed by atoms with van der Waals surface area (Å²) < 4.78 is 2.47. The summed E-state index contributed by atoms with van der Waals surface area (Å²) in [6.45, 7) is 2.48. The molecule has 1 atom stereocenters. The zero-order valence-corrected chi connectivity index (χ0v) is 31.9. The van der Waals surface area contributed by atoms with Gasteiger partial charge in [-0.05, 0) is 133 Å². The molecule has 1 aliphatic carbocycles. The van der Waals surface area contributed by atoms with Gasteiger partial charge in [-0.1, -0.05) is 140 Å². The Kier molecular flexibility index (Phi) is 6.33. The van der Waals surface area contributed by atoms with Gasteiger partial charge in [0, 0.05) is 27.4 Å². The number of aromatic nitrogens is 1. The third-order valence-electron chi connectivity index (χ3n) is 13.3. The Morgan fingerprint density at radius 3 is 1.74 bits per heavy atom. The van der Waals surface area contributed by atoms with Gasteiger partial charge >= 0.3 is 0 Å². The second-order valence-corrected chi connectivity index (χ2v) is 16.2. The molecule has 0 spiro atoms. The molecule has 1 aromatic heterocycles. The van der Waals surface area contributed by atoms with Crippen molar-refractivity contribution in [2.24, 2.45) is 0 Å². The second-order valence-electron chi connectivity index (χ2n) is 16.2. The summed E-state index contributed by atoms with van der Waals surface area (Å²) in [5.41, 5.74) is 15.9. The van der Waals surface area contributed by atoms with Crippen LogP contribution in [0.15, 0.2) is 200 Å². The maximum atomic E-state index is 2.58. The Hall–Kier alpha value is -7.42. The van der Waals surface area contributed by atoms with Crippen molar-refractivity contribution in [3.05, 3.63) is 217 Å². The van der Waals surface area contributed by atoms with Crippen LogP contribution in [-0.2, 0) is 5.41 Å². The standard InChI is InChI=1S/C56H36N2/c1-56-47-33-39-17-5-4-16-38(39)32-46(47)45-21-12-24-53(55(45)56)58(51-30-28-41(34-48(51)56)57-49-22-10-8-19-43(49)44-20-9-11-23-50(44)57)52-29-27-36-14-6-7-18-42(36)54(52)40-26-25-35-13-2-3-15-37(35)31-40/h2-34H,1H3. The minimum absolute atomic E-state index is 0.411. The summed E-state index contributed by atoms with van der Waals surface area (Å²) in [5.74, 6) is 0. The van der Waals surface area contributed by atoms with Crippen LogP contribution in [0, 0.1) is 0 Å². The quantitative estimate of drug-likeness (QED) is 0.175. The second kappa shape index (κ2) is 11.6. The van der Waals surface area contributed by atoms with E-state index in [1.54, 1.807) is 0 Å². The Balaban J connectivity index is 1.15. The lowest BCUT2D eigenvalue weighted by molar-refractivity contribution is 0.702. The highest BCUT2D eigenvalue weighted by molar-refractivity contribution is 6.11. The van der Waals surface area contributed by atoms with Crippen LogP contribution in [0.2, 0.25) is 0 Å². The molecule has 1 unspecified atom stereocenters. The van der Waals surface area contributed by atoms with Crippen LogP contribution >= 0.6 is 0 Å². The van der Waals surface area contributed by atoms with E-state index >= 15 is 0 Å². The van der Waals surface area contributed by atoms with Gasteiger partial charge < -0.3 is 9.47 Å². The van der Waals surface area contributed by atoms with Crippen molar-refractivity contribution >= 4 is 71.2 Å². The van der Waals surface area contributed by atoms with Gasteiger partial charge in [0.1, 0.15) is 0 Å². The molecular formula is C56H36N2. The molecule has 270 valence electrons. The monoisotopic (exact) mass is 736 g/mol. The van der Waals surface area contributed by atoms with E-state index in [1.807, 2.05) is 0 Å². The molecule has 0 saturated carbocycles. The number of nitrogens with zero attached hydrogens (tertiary/aromatic N) is 2. The van der Waals surface area contributed by atoms with Crippen molar-refractivity contribution in [3.63, 3.8) is 0 Å². The number of para-hydroxylation sites is 2. The lowest BCUT2D eigenvalue weighted by Gasteiger charge is -2.43. The molecule has 10 aromatic carbocycles. The van der Waals surface area contributed by atoms with E-state index in [-0.39, 0.29) is 0 Å². The zero-order valence-electron chi connectivity index (χ0n) is 31.9. The SMILES string of the molecule is CC12c3cc4ccccc4cc3-c3cccc(c31)N(c1ccc3ccccc3c1-c1ccc3ccccc3c1)c1ccc(-n3c4ccccc4c4ccccc43)cc12. The van der Waals surface area contributed by atoms with Crippen molar-refractivity contribution in [2.75, 3.05) is 4.90 Å². The van der Waals surface area contributed by atoms with Crippen LogP contribution in [0.4, 0.5) is 17.1 Å². The molecule has 0 radical (unpaired) electrons. The molecule has 2 aliphatic rings. The number of hydrogen-bond acceptors (Lipinski definition) is 1. The Labute approximate surface area is 336 Å². The fraction of sp³-hybridized carbons (Fsp3) is 0.0357. The minimum atomic E-state index is -0.411. The van der Waals surface area contributed by atoms with Crippen LogP contribution in [-0.4, -0.2) is 4.57 Å². The van der Waals surface area contributed by atoms with Gasteiger partial charge in [-0.25, -0.2) is 0 Å². The molecule has 1 aliphatic heterocycles. The summed E-state index contributed by atoms with van der Waals surface area (Å²) in [5, 5.41) is 10.0. The first-order chi connectivity index (χ1) is 28.6. The molecule has 2 heteroatoms. The van der Waals surface area contributed by atoms with Gasteiger partial charge in [-0.2, -0.15) is 0 Å². The molecule has 0 amide bonds. The van der Waals surface area contributed by atoms with E-state index < -0.39 is 5.41 Å². The van der Waals surface area contributed by atoms with Gasteiger partial charge in [-0.15, -0.1) is 0 Å². The van der Waals surface area contributed by atoms with E-state index in [0.29, 0.717) is 0 Å². The average molecular weight is 737 g/mol. The molecule has 0 saturated heterocycles. The maximum Gasteiger partial charge on any atom is 0.0546 e. The summed E-state index contributed by atoms with van der Waals surface area (Å²) in [6, 6.07) is 74.8.